The molecule has 0 spiro atoms. The van der Waals surface area contributed by atoms with Gasteiger partial charge in [-0.05, 0) is 38.3 Å². The summed E-state index contributed by atoms with van der Waals surface area (Å²) in [6.45, 7) is 13.8. The summed E-state index contributed by atoms with van der Waals surface area (Å²) < 4.78 is 23.3. The van der Waals surface area contributed by atoms with Crippen molar-refractivity contribution < 1.29 is 23.7 Å². The van der Waals surface area contributed by atoms with Gasteiger partial charge in [0.05, 0.1) is 44.0 Å². The van der Waals surface area contributed by atoms with Gasteiger partial charge in [-0.15, -0.1) is 0 Å². The normalized spacial score (nSPS) is 21.3. The molecule has 6 rings (SSSR count). The zero-order valence-electron chi connectivity index (χ0n) is 28.4. The van der Waals surface area contributed by atoms with E-state index in [-0.39, 0.29) is 41.4 Å². The first-order valence-electron chi connectivity index (χ1n) is 17.0. The molecule has 4 heterocycles. The minimum atomic E-state index is -0.386. The number of ether oxygens (including phenoxy) is 4. The first-order chi connectivity index (χ1) is 22.9. The molecule has 47 heavy (non-hydrogen) atoms. The van der Waals surface area contributed by atoms with Crippen LogP contribution in [0.4, 0.5) is 0 Å². The zero-order chi connectivity index (χ0) is 33.0. The lowest BCUT2D eigenvalue weighted by Gasteiger charge is -2.55. The molecule has 10 heteroatoms. The van der Waals surface area contributed by atoms with Gasteiger partial charge in [0.15, 0.2) is 0 Å². The Hall–Kier alpha value is -3.73. The van der Waals surface area contributed by atoms with Gasteiger partial charge in [-0.1, -0.05) is 67.6 Å². The van der Waals surface area contributed by atoms with Gasteiger partial charge in [0.1, 0.15) is 0 Å². The molecular formula is C37H49N5O5. The topological polar surface area (TPSA) is 89.5 Å². The lowest BCUT2D eigenvalue weighted by atomic mass is 9.80. The van der Waals surface area contributed by atoms with Crippen LogP contribution in [0, 0.1) is 5.41 Å². The summed E-state index contributed by atoms with van der Waals surface area (Å²) in [6.07, 6.45) is 0.707. The Bertz CT molecular complexity index is 1440. The van der Waals surface area contributed by atoms with E-state index in [1.54, 1.807) is 7.11 Å². The second-order valence-electron chi connectivity index (χ2n) is 13.2. The lowest BCUT2D eigenvalue weighted by molar-refractivity contribution is -0.177. The molecule has 0 saturated carbocycles. The van der Waals surface area contributed by atoms with E-state index in [0.29, 0.717) is 44.7 Å². The quantitative estimate of drug-likeness (QED) is 0.280. The average molecular weight is 644 g/mol. The molecule has 2 aromatic carbocycles. The van der Waals surface area contributed by atoms with Gasteiger partial charge in [0, 0.05) is 57.3 Å². The fourth-order valence-corrected chi connectivity index (χ4v) is 7.41. The number of carbonyl (C=O) groups excluding carboxylic acids is 1. The minimum Gasteiger partial charge on any atom is -0.481 e. The summed E-state index contributed by atoms with van der Waals surface area (Å²) >= 11 is 0. The van der Waals surface area contributed by atoms with Crippen LogP contribution in [0.1, 0.15) is 56.7 Å². The molecule has 0 aliphatic carbocycles. The van der Waals surface area contributed by atoms with Crippen LogP contribution in [0.15, 0.2) is 60.7 Å². The monoisotopic (exact) mass is 643 g/mol. The first kappa shape index (κ1) is 33.2. The van der Waals surface area contributed by atoms with E-state index in [2.05, 4.69) is 92.3 Å². The molecule has 2 atom stereocenters. The number of methoxy groups -OCH3 is 1. The van der Waals surface area contributed by atoms with E-state index in [0.717, 1.165) is 38.2 Å². The summed E-state index contributed by atoms with van der Waals surface area (Å²) in [6, 6.07) is 22.2. The van der Waals surface area contributed by atoms with E-state index in [1.165, 1.54) is 11.1 Å². The van der Waals surface area contributed by atoms with Gasteiger partial charge in [-0.2, -0.15) is 9.97 Å². The van der Waals surface area contributed by atoms with Gasteiger partial charge < -0.3 is 23.8 Å². The van der Waals surface area contributed by atoms with Crippen molar-refractivity contribution in [1.82, 2.24) is 24.7 Å². The fraction of sp³-hybridized carbons (Fsp3) is 0.541. The maximum absolute atomic E-state index is 13.9. The molecule has 0 N–H and O–H groups in total. The number of benzene rings is 2. The summed E-state index contributed by atoms with van der Waals surface area (Å²) in [5.74, 6) is 1.30. The van der Waals surface area contributed by atoms with Crippen molar-refractivity contribution in [3.63, 3.8) is 0 Å². The van der Waals surface area contributed by atoms with Crippen molar-refractivity contribution in [3.8, 4) is 17.8 Å². The summed E-state index contributed by atoms with van der Waals surface area (Å²) in [5.41, 5.74) is 2.98. The number of carbonyl (C=O) groups is 1. The van der Waals surface area contributed by atoms with E-state index >= 15 is 0 Å². The van der Waals surface area contributed by atoms with Crippen molar-refractivity contribution in [2.24, 2.45) is 5.41 Å². The molecule has 2 unspecified atom stereocenters. The highest BCUT2D eigenvalue weighted by Gasteiger charge is 2.49. The highest BCUT2D eigenvalue weighted by molar-refractivity contribution is 5.84. The highest BCUT2D eigenvalue weighted by atomic mass is 16.5. The highest BCUT2D eigenvalue weighted by Crippen LogP contribution is 2.39. The molecular weight excluding hydrogens is 594 g/mol. The van der Waals surface area contributed by atoms with Crippen molar-refractivity contribution in [3.05, 3.63) is 77.4 Å². The van der Waals surface area contributed by atoms with Crippen LogP contribution in [-0.2, 0) is 16.1 Å². The summed E-state index contributed by atoms with van der Waals surface area (Å²) in [5, 5.41) is 0. The molecule has 1 amide bonds. The molecule has 0 bridgehead atoms. The third-order valence-corrected chi connectivity index (χ3v) is 9.85. The molecule has 1 aromatic heterocycles. The minimum absolute atomic E-state index is 0.0905. The molecule has 0 radical (unpaired) electrons. The number of piperazine rings is 2. The number of rotatable bonds is 12. The molecule has 252 valence electrons. The standard InChI is InChI=1S/C37H49N5O5/c1-6-37(24-45-25-37)35(43)41-18-19-42-29(21-41)20-40(22-30-33(44-5)38-36(46-7-2)39-34(30)47-26(3)4)23-31(42)32(27-14-10-8-11-15-27)28-16-12-9-13-17-28/h8-17,26,29,31-32H,6-7,18-25H2,1-5H3. The number of fused-ring (bicyclic) bond motifs is 1. The van der Waals surface area contributed by atoms with Gasteiger partial charge in [0.2, 0.25) is 17.7 Å². The van der Waals surface area contributed by atoms with Crippen LogP contribution >= 0.6 is 0 Å². The van der Waals surface area contributed by atoms with Crippen LogP contribution < -0.4 is 14.2 Å². The number of hydrogen-bond acceptors (Lipinski definition) is 9. The van der Waals surface area contributed by atoms with Crippen molar-refractivity contribution in [1.29, 1.82) is 0 Å². The molecule has 3 aromatic rings. The van der Waals surface area contributed by atoms with Crippen molar-refractivity contribution in [2.45, 2.75) is 64.8 Å². The Balaban J connectivity index is 1.37. The first-order valence-corrected chi connectivity index (χ1v) is 17.0. The maximum Gasteiger partial charge on any atom is 0.323 e. The van der Waals surface area contributed by atoms with Crippen LogP contribution in [-0.4, -0.2) is 108 Å². The molecule has 3 fully saturated rings. The maximum atomic E-state index is 13.9. The Labute approximate surface area is 279 Å². The van der Waals surface area contributed by atoms with E-state index < -0.39 is 0 Å². The van der Waals surface area contributed by atoms with Gasteiger partial charge >= 0.3 is 6.01 Å². The zero-order valence-corrected chi connectivity index (χ0v) is 28.4. The van der Waals surface area contributed by atoms with E-state index in [9.17, 15) is 4.79 Å². The second kappa shape index (κ2) is 14.6. The molecule has 3 aliphatic heterocycles. The van der Waals surface area contributed by atoms with Crippen LogP contribution in [0.25, 0.3) is 0 Å². The molecule has 10 nitrogen and oxygen atoms in total. The molecule has 3 saturated heterocycles. The van der Waals surface area contributed by atoms with E-state index in [4.69, 9.17) is 18.9 Å². The third-order valence-electron chi connectivity index (χ3n) is 9.85. The molecule has 3 aliphatic rings. The predicted molar refractivity (Wildman–Crippen MR) is 180 cm³/mol. The summed E-state index contributed by atoms with van der Waals surface area (Å²) in [4.78, 5) is 30.4. The smallest absolute Gasteiger partial charge is 0.323 e. The van der Waals surface area contributed by atoms with E-state index in [1.807, 2.05) is 20.8 Å². The Morgan fingerprint density at radius 1 is 0.936 bits per heavy atom. The van der Waals surface area contributed by atoms with Crippen LogP contribution in [0.5, 0.6) is 17.8 Å². The Morgan fingerprint density at radius 3 is 2.15 bits per heavy atom. The Morgan fingerprint density at radius 2 is 1.60 bits per heavy atom. The number of amides is 1. The van der Waals surface area contributed by atoms with Crippen molar-refractivity contribution in [2.75, 3.05) is 59.7 Å². The lowest BCUT2D eigenvalue weighted by Crippen LogP contribution is -2.69. The van der Waals surface area contributed by atoms with Crippen molar-refractivity contribution >= 4 is 5.91 Å². The average Bonchev–Trinajstić information content (AvgIpc) is 3.06. The fourth-order valence-electron chi connectivity index (χ4n) is 7.41. The number of hydrogen-bond donors (Lipinski definition) is 0. The van der Waals surface area contributed by atoms with Gasteiger partial charge in [-0.3, -0.25) is 14.6 Å². The second-order valence-corrected chi connectivity index (χ2v) is 13.2. The SMILES string of the molecule is CCOc1nc(OC)c(CN2CC3CN(C(=O)C4(CC)COC4)CCN3C(C(c3ccccc3)c3ccccc3)C2)c(OC(C)C)n1. The van der Waals surface area contributed by atoms with Gasteiger partial charge in [-0.25, -0.2) is 0 Å². The number of aromatic nitrogens is 2. The Kier molecular flexibility index (Phi) is 10.3. The largest absolute Gasteiger partial charge is 0.481 e. The van der Waals surface area contributed by atoms with Crippen LogP contribution in [0.3, 0.4) is 0 Å². The predicted octanol–water partition coefficient (Wildman–Crippen LogP) is 4.63. The number of nitrogens with zero attached hydrogens (tertiary/aromatic N) is 5. The van der Waals surface area contributed by atoms with Gasteiger partial charge in [0.25, 0.3) is 0 Å². The summed E-state index contributed by atoms with van der Waals surface area (Å²) in [7, 11) is 1.63. The third kappa shape index (κ3) is 6.96. The van der Waals surface area contributed by atoms with Crippen LogP contribution in [0.2, 0.25) is 0 Å².